The summed E-state index contributed by atoms with van der Waals surface area (Å²) in [7, 11) is 0. The predicted octanol–water partition coefficient (Wildman–Crippen LogP) is 1.87. The van der Waals surface area contributed by atoms with Crippen molar-refractivity contribution in [2.24, 2.45) is 0 Å². The number of rotatable bonds is 2. The van der Waals surface area contributed by atoms with Gasteiger partial charge in [0, 0.05) is 44.1 Å². The van der Waals surface area contributed by atoms with Crippen LogP contribution in [0.3, 0.4) is 0 Å². The van der Waals surface area contributed by atoms with E-state index in [4.69, 9.17) is 0 Å². The molecule has 1 aliphatic heterocycles. The Morgan fingerprint density at radius 2 is 2.05 bits per heavy atom. The van der Waals surface area contributed by atoms with E-state index < -0.39 is 0 Å². The fourth-order valence-corrected chi connectivity index (χ4v) is 3.28. The minimum Gasteiger partial charge on any atom is -0.369 e. The van der Waals surface area contributed by atoms with Crippen molar-refractivity contribution in [2.75, 3.05) is 31.1 Å². The Morgan fingerprint density at radius 1 is 1.15 bits per heavy atom. The van der Waals surface area contributed by atoms with Gasteiger partial charge >= 0.3 is 0 Å². The van der Waals surface area contributed by atoms with Crippen LogP contribution in [0.4, 0.5) is 5.69 Å². The van der Waals surface area contributed by atoms with Crippen molar-refractivity contribution < 1.29 is 0 Å². The highest BCUT2D eigenvalue weighted by Gasteiger charge is 2.13. The monoisotopic (exact) mass is 285 g/mol. The second-order valence-corrected chi connectivity index (χ2v) is 5.80. The summed E-state index contributed by atoms with van der Waals surface area (Å²) in [5, 5.41) is 14.1. The van der Waals surface area contributed by atoms with Crippen LogP contribution in [0.2, 0.25) is 0 Å². The smallest absolute Gasteiger partial charge is 0.178 e. The SMILES string of the molecule is c1csc(-c2nnc3cc(N4CCNCC4)ccn23)c1. The fraction of sp³-hybridized carbons (Fsp3) is 0.286. The molecule has 0 atom stereocenters. The number of fused-ring (bicyclic) bond motifs is 1. The maximum Gasteiger partial charge on any atom is 0.178 e. The minimum absolute atomic E-state index is 0.907. The molecule has 1 aliphatic rings. The van der Waals surface area contributed by atoms with E-state index in [1.807, 2.05) is 6.07 Å². The molecule has 5 nitrogen and oxygen atoms in total. The highest BCUT2D eigenvalue weighted by molar-refractivity contribution is 7.13. The largest absolute Gasteiger partial charge is 0.369 e. The van der Waals surface area contributed by atoms with Crippen molar-refractivity contribution in [3.63, 3.8) is 0 Å². The van der Waals surface area contributed by atoms with Crippen LogP contribution in [0.15, 0.2) is 35.8 Å². The molecule has 0 aliphatic carbocycles. The highest BCUT2D eigenvalue weighted by Crippen LogP contribution is 2.25. The van der Waals surface area contributed by atoms with Gasteiger partial charge in [0.2, 0.25) is 0 Å². The number of pyridine rings is 1. The molecule has 0 aromatic carbocycles. The molecule has 6 heteroatoms. The molecule has 3 aromatic heterocycles. The highest BCUT2D eigenvalue weighted by atomic mass is 32.1. The molecule has 1 N–H and O–H groups in total. The topological polar surface area (TPSA) is 45.5 Å². The van der Waals surface area contributed by atoms with E-state index >= 15 is 0 Å². The third kappa shape index (κ3) is 1.97. The van der Waals surface area contributed by atoms with Crippen LogP contribution in [0.25, 0.3) is 16.3 Å². The van der Waals surface area contributed by atoms with Gasteiger partial charge in [0.25, 0.3) is 0 Å². The maximum atomic E-state index is 4.32. The van der Waals surface area contributed by atoms with Crippen molar-refractivity contribution in [2.45, 2.75) is 0 Å². The van der Waals surface area contributed by atoms with E-state index in [0.29, 0.717) is 0 Å². The van der Waals surface area contributed by atoms with E-state index in [2.05, 4.69) is 54.6 Å². The summed E-state index contributed by atoms with van der Waals surface area (Å²) >= 11 is 1.69. The summed E-state index contributed by atoms with van der Waals surface area (Å²) in [6.45, 7) is 4.17. The van der Waals surface area contributed by atoms with Crippen LogP contribution >= 0.6 is 11.3 Å². The van der Waals surface area contributed by atoms with Gasteiger partial charge in [-0.15, -0.1) is 21.5 Å². The Labute approximate surface area is 120 Å². The molecule has 0 amide bonds. The molecule has 0 radical (unpaired) electrons. The van der Waals surface area contributed by atoms with Crippen molar-refractivity contribution >= 4 is 22.7 Å². The Hall–Kier alpha value is -1.92. The minimum atomic E-state index is 0.907. The lowest BCUT2D eigenvalue weighted by atomic mass is 10.3. The van der Waals surface area contributed by atoms with Crippen LogP contribution in [-0.2, 0) is 0 Å². The number of anilines is 1. The maximum absolute atomic E-state index is 4.32. The number of hydrogen-bond donors (Lipinski definition) is 1. The first-order chi connectivity index (χ1) is 9.92. The molecule has 0 unspecified atom stereocenters. The van der Waals surface area contributed by atoms with Crippen LogP contribution in [0.5, 0.6) is 0 Å². The van der Waals surface area contributed by atoms with Gasteiger partial charge < -0.3 is 10.2 Å². The summed E-state index contributed by atoms with van der Waals surface area (Å²) in [6.07, 6.45) is 2.07. The van der Waals surface area contributed by atoms with E-state index in [-0.39, 0.29) is 0 Å². The second-order valence-electron chi connectivity index (χ2n) is 4.85. The zero-order valence-electron chi connectivity index (χ0n) is 11.0. The Balaban J connectivity index is 1.74. The van der Waals surface area contributed by atoms with Gasteiger partial charge in [0.1, 0.15) is 0 Å². The van der Waals surface area contributed by atoms with Crippen LogP contribution in [-0.4, -0.2) is 40.8 Å². The number of aromatic nitrogens is 3. The van der Waals surface area contributed by atoms with E-state index in [9.17, 15) is 0 Å². The number of piperazine rings is 1. The molecule has 20 heavy (non-hydrogen) atoms. The first kappa shape index (κ1) is 11.9. The Morgan fingerprint density at radius 3 is 2.85 bits per heavy atom. The number of hydrogen-bond acceptors (Lipinski definition) is 5. The Bertz CT molecular complexity index is 712. The van der Waals surface area contributed by atoms with Crippen LogP contribution in [0, 0.1) is 0 Å². The number of thiophene rings is 1. The van der Waals surface area contributed by atoms with Gasteiger partial charge in [-0.2, -0.15) is 0 Å². The van der Waals surface area contributed by atoms with Gasteiger partial charge in [-0.3, -0.25) is 4.40 Å². The third-order valence-corrected chi connectivity index (χ3v) is 4.48. The fourth-order valence-electron chi connectivity index (χ4n) is 2.57. The molecule has 0 saturated carbocycles. The van der Waals surface area contributed by atoms with Crippen LogP contribution in [0.1, 0.15) is 0 Å². The lowest BCUT2D eigenvalue weighted by Crippen LogP contribution is -2.43. The molecule has 3 aromatic rings. The van der Waals surface area contributed by atoms with Crippen molar-refractivity contribution in [3.05, 3.63) is 35.8 Å². The lowest BCUT2D eigenvalue weighted by molar-refractivity contribution is 0.589. The first-order valence-electron chi connectivity index (χ1n) is 6.76. The molecule has 4 rings (SSSR count). The summed E-state index contributed by atoms with van der Waals surface area (Å²) in [5.41, 5.74) is 2.13. The third-order valence-electron chi connectivity index (χ3n) is 3.62. The Kier molecular flexibility index (Phi) is 2.90. The van der Waals surface area contributed by atoms with Gasteiger partial charge in [0.05, 0.1) is 4.88 Å². The predicted molar refractivity (Wildman–Crippen MR) is 81.4 cm³/mol. The van der Waals surface area contributed by atoms with Gasteiger partial charge in [-0.05, 0) is 17.5 Å². The zero-order valence-corrected chi connectivity index (χ0v) is 11.8. The normalized spacial score (nSPS) is 15.9. The van der Waals surface area contributed by atoms with Gasteiger partial charge in [0.15, 0.2) is 11.5 Å². The van der Waals surface area contributed by atoms with Crippen molar-refractivity contribution in [1.29, 1.82) is 0 Å². The molecular weight excluding hydrogens is 270 g/mol. The molecule has 0 spiro atoms. The zero-order chi connectivity index (χ0) is 13.4. The molecule has 1 fully saturated rings. The molecule has 1 saturated heterocycles. The summed E-state index contributed by atoms with van der Waals surface area (Å²) in [4.78, 5) is 3.53. The van der Waals surface area contributed by atoms with Crippen molar-refractivity contribution in [1.82, 2.24) is 19.9 Å². The van der Waals surface area contributed by atoms with Gasteiger partial charge in [-0.1, -0.05) is 6.07 Å². The van der Waals surface area contributed by atoms with E-state index in [1.165, 1.54) is 5.69 Å². The molecular formula is C14H15N5S. The van der Waals surface area contributed by atoms with Crippen molar-refractivity contribution in [3.8, 4) is 10.7 Å². The summed E-state index contributed by atoms with van der Waals surface area (Å²) < 4.78 is 2.05. The first-order valence-corrected chi connectivity index (χ1v) is 7.64. The summed E-state index contributed by atoms with van der Waals surface area (Å²) in [5.74, 6) is 0.918. The molecule has 102 valence electrons. The average molecular weight is 285 g/mol. The average Bonchev–Trinajstić information content (AvgIpc) is 3.16. The standard InChI is InChI=1S/C14H15N5S/c1-2-12(20-9-1)14-17-16-13-10-11(3-6-19(13)14)18-7-4-15-5-8-18/h1-3,6,9-10,15H,4-5,7-8H2. The summed E-state index contributed by atoms with van der Waals surface area (Å²) in [6, 6.07) is 8.38. The molecule has 4 heterocycles. The molecule has 0 bridgehead atoms. The number of nitrogens with one attached hydrogen (secondary N) is 1. The van der Waals surface area contributed by atoms with E-state index in [0.717, 1.165) is 42.5 Å². The lowest BCUT2D eigenvalue weighted by Gasteiger charge is -2.29. The number of nitrogens with zero attached hydrogens (tertiary/aromatic N) is 4. The van der Waals surface area contributed by atoms with E-state index in [1.54, 1.807) is 11.3 Å². The van der Waals surface area contributed by atoms with Crippen LogP contribution < -0.4 is 10.2 Å². The second kappa shape index (κ2) is 4.88. The quantitative estimate of drug-likeness (QED) is 0.781. The van der Waals surface area contributed by atoms with Gasteiger partial charge in [-0.25, -0.2) is 0 Å².